The molecule has 0 aromatic heterocycles. The van der Waals surface area contributed by atoms with Crippen molar-refractivity contribution in [1.82, 2.24) is 0 Å². The fourth-order valence-corrected chi connectivity index (χ4v) is 1.72. The lowest BCUT2D eigenvalue weighted by atomic mass is 10.1. The first kappa shape index (κ1) is 15.3. The van der Waals surface area contributed by atoms with Gasteiger partial charge in [-0.15, -0.1) is 0 Å². The van der Waals surface area contributed by atoms with Crippen LogP contribution in [0, 0.1) is 5.92 Å². The van der Waals surface area contributed by atoms with E-state index in [1.807, 2.05) is 19.1 Å². The fraction of sp³-hybridized carbons (Fsp3) is 0.571. The van der Waals surface area contributed by atoms with Crippen LogP contribution in [0.2, 0.25) is 5.02 Å². The monoisotopic (exact) mass is 271 g/mol. The van der Waals surface area contributed by atoms with Gasteiger partial charge in [-0.2, -0.15) is 0 Å². The first-order valence-corrected chi connectivity index (χ1v) is 6.64. The smallest absolute Gasteiger partial charge is 0.124 e. The van der Waals surface area contributed by atoms with E-state index in [-0.39, 0.29) is 6.04 Å². The van der Waals surface area contributed by atoms with E-state index in [4.69, 9.17) is 26.8 Å². The zero-order valence-electron chi connectivity index (χ0n) is 11.3. The van der Waals surface area contributed by atoms with Crippen LogP contribution in [0.4, 0.5) is 0 Å². The number of hydrogen-bond donors (Lipinski definition) is 1. The molecule has 0 bridgehead atoms. The summed E-state index contributed by atoms with van der Waals surface area (Å²) in [6.07, 6.45) is 0. The average molecular weight is 272 g/mol. The molecule has 102 valence electrons. The summed E-state index contributed by atoms with van der Waals surface area (Å²) in [6.45, 7) is 8.01. The molecule has 0 spiro atoms. The Morgan fingerprint density at radius 1 is 1.22 bits per heavy atom. The summed E-state index contributed by atoms with van der Waals surface area (Å²) in [5, 5.41) is 0.672. The predicted molar refractivity (Wildman–Crippen MR) is 75.2 cm³/mol. The van der Waals surface area contributed by atoms with Crippen molar-refractivity contribution >= 4 is 11.6 Å². The quantitative estimate of drug-likeness (QED) is 0.773. The summed E-state index contributed by atoms with van der Waals surface area (Å²) in [4.78, 5) is 0. The van der Waals surface area contributed by atoms with Crippen LogP contribution in [-0.4, -0.2) is 19.8 Å². The van der Waals surface area contributed by atoms with E-state index in [1.165, 1.54) is 0 Å². The first-order valence-electron chi connectivity index (χ1n) is 6.26. The third-order valence-corrected chi connectivity index (χ3v) is 2.63. The molecular formula is C14H22ClNO2. The Hall–Kier alpha value is -0.770. The molecule has 0 amide bonds. The van der Waals surface area contributed by atoms with Gasteiger partial charge in [0.05, 0.1) is 6.61 Å². The van der Waals surface area contributed by atoms with Gasteiger partial charge in [0.25, 0.3) is 0 Å². The van der Waals surface area contributed by atoms with E-state index in [0.29, 0.717) is 24.2 Å². The SMILES string of the molecule is CC(C)COCCOc1ccc(Cl)cc1[C@@H](C)N. The van der Waals surface area contributed by atoms with Gasteiger partial charge >= 0.3 is 0 Å². The average Bonchev–Trinajstić information content (AvgIpc) is 2.29. The maximum Gasteiger partial charge on any atom is 0.124 e. The van der Waals surface area contributed by atoms with Crippen LogP contribution >= 0.6 is 11.6 Å². The van der Waals surface area contributed by atoms with E-state index >= 15 is 0 Å². The van der Waals surface area contributed by atoms with Crippen molar-refractivity contribution in [3.8, 4) is 5.75 Å². The number of nitrogens with two attached hydrogens (primary N) is 1. The van der Waals surface area contributed by atoms with E-state index < -0.39 is 0 Å². The molecule has 1 atom stereocenters. The second-order valence-corrected chi connectivity index (χ2v) is 5.22. The molecule has 0 fully saturated rings. The number of halogens is 1. The van der Waals surface area contributed by atoms with Crippen molar-refractivity contribution in [2.24, 2.45) is 11.7 Å². The van der Waals surface area contributed by atoms with Crippen molar-refractivity contribution < 1.29 is 9.47 Å². The van der Waals surface area contributed by atoms with Gasteiger partial charge in [-0.05, 0) is 31.0 Å². The molecule has 2 N–H and O–H groups in total. The lowest BCUT2D eigenvalue weighted by Gasteiger charge is -2.14. The summed E-state index contributed by atoms with van der Waals surface area (Å²) < 4.78 is 11.1. The zero-order chi connectivity index (χ0) is 13.5. The van der Waals surface area contributed by atoms with Gasteiger partial charge in [-0.25, -0.2) is 0 Å². The minimum Gasteiger partial charge on any atom is -0.491 e. The van der Waals surface area contributed by atoms with Crippen LogP contribution < -0.4 is 10.5 Å². The van der Waals surface area contributed by atoms with Crippen molar-refractivity contribution in [3.05, 3.63) is 28.8 Å². The molecule has 0 aliphatic rings. The predicted octanol–water partition coefficient (Wildman–Crippen LogP) is 3.41. The van der Waals surface area contributed by atoms with Crippen LogP contribution in [0.5, 0.6) is 5.75 Å². The highest BCUT2D eigenvalue weighted by Gasteiger charge is 2.08. The number of hydrogen-bond acceptors (Lipinski definition) is 3. The van der Waals surface area contributed by atoms with E-state index in [9.17, 15) is 0 Å². The van der Waals surface area contributed by atoms with Crippen molar-refractivity contribution in [2.45, 2.75) is 26.8 Å². The normalized spacial score (nSPS) is 12.8. The largest absolute Gasteiger partial charge is 0.491 e. The van der Waals surface area contributed by atoms with Gasteiger partial charge in [0.1, 0.15) is 12.4 Å². The molecule has 0 aliphatic heterocycles. The summed E-state index contributed by atoms with van der Waals surface area (Å²) in [6, 6.07) is 5.40. The Balaban J connectivity index is 2.46. The Kier molecular flexibility index (Phi) is 6.47. The topological polar surface area (TPSA) is 44.5 Å². The molecule has 0 radical (unpaired) electrons. The van der Waals surface area contributed by atoms with Gasteiger partial charge in [0.2, 0.25) is 0 Å². The summed E-state index contributed by atoms with van der Waals surface area (Å²) in [5.41, 5.74) is 6.81. The molecule has 1 rings (SSSR count). The maximum atomic E-state index is 5.94. The summed E-state index contributed by atoms with van der Waals surface area (Å²) in [7, 11) is 0. The number of benzene rings is 1. The first-order chi connectivity index (χ1) is 8.50. The molecule has 0 saturated heterocycles. The number of ether oxygens (including phenoxy) is 2. The number of rotatable bonds is 7. The molecular weight excluding hydrogens is 250 g/mol. The molecule has 3 nitrogen and oxygen atoms in total. The van der Waals surface area contributed by atoms with Gasteiger partial charge in [0, 0.05) is 23.2 Å². The standard InChI is InChI=1S/C14H22ClNO2/c1-10(2)9-17-6-7-18-14-5-4-12(15)8-13(14)11(3)16/h4-5,8,10-11H,6-7,9,16H2,1-3H3/t11-/m1/s1. The minimum atomic E-state index is -0.102. The third kappa shape index (κ3) is 5.25. The van der Waals surface area contributed by atoms with Gasteiger partial charge < -0.3 is 15.2 Å². The lowest BCUT2D eigenvalue weighted by Crippen LogP contribution is -2.13. The van der Waals surface area contributed by atoms with Crippen LogP contribution in [0.25, 0.3) is 0 Å². The Morgan fingerprint density at radius 2 is 1.94 bits per heavy atom. The fourth-order valence-electron chi connectivity index (χ4n) is 1.54. The second kappa shape index (κ2) is 7.62. The lowest BCUT2D eigenvalue weighted by molar-refractivity contribution is 0.0815. The highest BCUT2D eigenvalue weighted by molar-refractivity contribution is 6.30. The zero-order valence-corrected chi connectivity index (χ0v) is 12.0. The maximum absolute atomic E-state index is 5.94. The summed E-state index contributed by atoms with van der Waals surface area (Å²) in [5.74, 6) is 1.32. The highest BCUT2D eigenvalue weighted by atomic mass is 35.5. The van der Waals surface area contributed by atoms with Crippen LogP contribution in [0.15, 0.2) is 18.2 Å². The molecule has 0 heterocycles. The van der Waals surface area contributed by atoms with Crippen LogP contribution in [0.3, 0.4) is 0 Å². The van der Waals surface area contributed by atoms with Crippen LogP contribution in [-0.2, 0) is 4.74 Å². The van der Waals surface area contributed by atoms with Crippen molar-refractivity contribution in [3.63, 3.8) is 0 Å². The summed E-state index contributed by atoms with van der Waals surface area (Å²) >= 11 is 5.94. The van der Waals surface area contributed by atoms with Crippen molar-refractivity contribution in [1.29, 1.82) is 0 Å². The Morgan fingerprint density at radius 3 is 2.56 bits per heavy atom. The van der Waals surface area contributed by atoms with Crippen LogP contribution in [0.1, 0.15) is 32.4 Å². The molecule has 1 aromatic rings. The molecule has 0 saturated carbocycles. The molecule has 0 aliphatic carbocycles. The van der Waals surface area contributed by atoms with E-state index in [1.54, 1.807) is 6.07 Å². The highest BCUT2D eigenvalue weighted by Crippen LogP contribution is 2.27. The third-order valence-electron chi connectivity index (χ3n) is 2.40. The molecule has 0 unspecified atom stereocenters. The second-order valence-electron chi connectivity index (χ2n) is 4.79. The molecule has 18 heavy (non-hydrogen) atoms. The Bertz CT molecular complexity index is 367. The minimum absolute atomic E-state index is 0.102. The molecule has 4 heteroatoms. The van der Waals surface area contributed by atoms with Gasteiger partial charge in [-0.3, -0.25) is 0 Å². The molecule has 1 aromatic carbocycles. The van der Waals surface area contributed by atoms with Crippen molar-refractivity contribution in [2.75, 3.05) is 19.8 Å². The van der Waals surface area contributed by atoms with E-state index in [2.05, 4.69) is 13.8 Å². The van der Waals surface area contributed by atoms with E-state index in [0.717, 1.165) is 17.9 Å². The van der Waals surface area contributed by atoms with Gasteiger partial charge in [-0.1, -0.05) is 25.4 Å². The van der Waals surface area contributed by atoms with Gasteiger partial charge in [0.15, 0.2) is 0 Å². The Labute approximate surface area is 114 Å².